The molecule has 0 fully saturated rings. The van der Waals surface area contributed by atoms with Crippen LogP contribution >= 0.6 is 0 Å². The van der Waals surface area contributed by atoms with Crippen LogP contribution in [0.2, 0.25) is 0 Å². The summed E-state index contributed by atoms with van der Waals surface area (Å²) >= 11 is 0. The molecule has 2 aromatic carbocycles. The zero-order valence-corrected chi connectivity index (χ0v) is 15.3. The van der Waals surface area contributed by atoms with E-state index in [9.17, 15) is 13.6 Å². The van der Waals surface area contributed by atoms with Crippen molar-refractivity contribution in [3.63, 3.8) is 0 Å². The van der Waals surface area contributed by atoms with E-state index in [1.807, 2.05) is 22.9 Å². The van der Waals surface area contributed by atoms with Crippen LogP contribution in [0.3, 0.4) is 0 Å². The molecule has 0 aliphatic heterocycles. The fourth-order valence-electron chi connectivity index (χ4n) is 2.86. The van der Waals surface area contributed by atoms with Crippen LogP contribution in [-0.2, 0) is 13.1 Å². The van der Waals surface area contributed by atoms with Crippen LogP contribution in [0.15, 0.2) is 79.5 Å². The van der Waals surface area contributed by atoms with E-state index >= 15 is 0 Å². The number of rotatable bonds is 7. The molecule has 0 aliphatic carbocycles. The molecule has 2 amide bonds. The average Bonchev–Trinajstić information content (AvgIpc) is 3.12. The van der Waals surface area contributed by atoms with Gasteiger partial charge >= 0.3 is 6.03 Å². The van der Waals surface area contributed by atoms with Crippen molar-refractivity contribution < 1.29 is 13.6 Å². The molecule has 144 valence electrons. The lowest BCUT2D eigenvalue weighted by molar-refractivity contribution is 0.213. The second-order valence-corrected chi connectivity index (χ2v) is 6.33. The first-order chi connectivity index (χ1) is 13.6. The Hall–Kier alpha value is -3.41. The molecule has 0 unspecified atom stereocenters. The Balaban J connectivity index is 1.73. The van der Waals surface area contributed by atoms with E-state index in [1.165, 1.54) is 29.2 Å². The lowest BCUT2D eigenvalue weighted by Gasteiger charge is -2.23. The fourth-order valence-corrected chi connectivity index (χ4v) is 2.86. The van der Waals surface area contributed by atoms with Crippen molar-refractivity contribution in [1.29, 1.82) is 0 Å². The minimum absolute atomic E-state index is 0.128. The van der Waals surface area contributed by atoms with Crippen molar-refractivity contribution in [3.8, 4) is 0 Å². The molecular formula is C22H21F2N3O. The van der Waals surface area contributed by atoms with Gasteiger partial charge in [0.1, 0.15) is 11.6 Å². The van der Waals surface area contributed by atoms with E-state index in [2.05, 4.69) is 11.9 Å². The molecule has 0 aliphatic rings. The van der Waals surface area contributed by atoms with Crippen LogP contribution in [0.25, 0.3) is 0 Å². The highest BCUT2D eigenvalue weighted by Crippen LogP contribution is 2.15. The lowest BCUT2D eigenvalue weighted by Crippen LogP contribution is -2.35. The summed E-state index contributed by atoms with van der Waals surface area (Å²) in [7, 11) is 0. The van der Waals surface area contributed by atoms with Crippen LogP contribution in [0.5, 0.6) is 0 Å². The van der Waals surface area contributed by atoms with Gasteiger partial charge in [0.25, 0.3) is 0 Å². The number of para-hydroxylation sites is 1. The fraction of sp³-hybridized carbons (Fsp3) is 0.136. The number of urea groups is 1. The first kappa shape index (κ1) is 19.4. The van der Waals surface area contributed by atoms with Crippen molar-refractivity contribution in [3.05, 3.63) is 102 Å². The summed E-state index contributed by atoms with van der Waals surface area (Å²) in [6.45, 7) is 4.88. The molecule has 0 radical (unpaired) electrons. The van der Waals surface area contributed by atoms with Crippen molar-refractivity contribution in [2.75, 3.05) is 11.9 Å². The van der Waals surface area contributed by atoms with E-state index < -0.39 is 11.8 Å². The molecule has 0 spiro atoms. The molecule has 1 aromatic heterocycles. The molecule has 1 heterocycles. The van der Waals surface area contributed by atoms with Crippen molar-refractivity contribution >= 4 is 11.7 Å². The summed E-state index contributed by atoms with van der Waals surface area (Å²) in [4.78, 5) is 14.2. The Kier molecular flexibility index (Phi) is 6.22. The van der Waals surface area contributed by atoms with Crippen LogP contribution in [0, 0.1) is 11.6 Å². The number of halogens is 2. The van der Waals surface area contributed by atoms with Gasteiger partial charge in [0.2, 0.25) is 0 Å². The summed E-state index contributed by atoms with van der Waals surface area (Å²) in [5.41, 5.74) is 1.98. The number of hydrogen-bond donors (Lipinski definition) is 1. The molecular weight excluding hydrogens is 360 g/mol. The second-order valence-electron chi connectivity index (χ2n) is 6.33. The van der Waals surface area contributed by atoms with Crippen LogP contribution in [-0.4, -0.2) is 22.0 Å². The maximum absolute atomic E-state index is 13.8. The minimum Gasteiger partial charge on any atom is -0.345 e. The van der Waals surface area contributed by atoms with Crippen LogP contribution < -0.4 is 5.32 Å². The van der Waals surface area contributed by atoms with Gasteiger partial charge in [-0.2, -0.15) is 0 Å². The zero-order valence-electron chi connectivity index (χ0n) is 15.3. The number of benzene rings is 2. The quantitative estimate of drug-likeness (QED) is 0.573. The maximum Gasteiger partial charge on any atom is 0.322 e. The number of amides is 2. The van der Waals surface area contributed by atoms with E-state index in [0.717, 1.165) is 11.3 Å². The van der Waals surface area contributed by atoms with Gasteiger partial charge in [-0.3, -0.25) is 0 Å². The Morgan fingerprint density at radius 2 is 1.82 bits per heavy atom. The first-order valence-electron chi connectivity index (χ1n) is 8.86. The average molecular weight is 381 g/mol. The largest absolute Gasteiger partial charge is 0.345 e. The molecule has 6 heteroatoms. The number of carbonyl (C=O) groups is 1. The predicted molar refractivity (Wildman–Crippen MR) is 106 cm³/mol. The monoisotopic (exact) mass is 381 g/mol. The Morgan fingerprint density at radius 3 is 2.54 bits per heavy atom. The van der Waals surface area contributed by atoms with Crippen molar-refractivity contribution in [1.82, 2.24) is 9.47 Å². The van der Waals surface area contributed by atoms with Gasteiger partial charge in [0.05, 0.1) is 12.2 Å². The normalized spacial score (nSPS) is 10.5. The number of nitrogens with zero attached hydrogens (tertiary/aromatic N) is 2. The molecule has 0 saturated heterocycles. The van der Waals surface area contributed by atoms with Gasteiger partial charge in [0, 0.05) is 25.0 Å². The van der Waals surface area contributed by atoms with Gasteiger partial charge in [-0.25, -0.2) is 13.6 Å². The molecule has 3 aromatic rings. The lowest BCUT2D eigenvalue weighted by atomic mass is 10.2. The highest BCUT2D eigenvalue weighted by atomic mass is 19.1. The third-order valence-electron chi connectivity index (χ3n) is 4.29. The third-order valence-corrected chi connectivity index (χ3v) is 4.29. The van der Waals surface area contributed by atoms with Gasteiger partial charge < -0.3 is 14.8 Å². The zero-order chi connectivity index (χ0) is 19.9. The Labute approximate surface area is 162 Å². The minimum atomic E-state index is -0.492. The van der Waals surface area contributed by atoms with Crippen molar-refractivity contribution in [2.45, 2.75) is 13.1 Å². The molecule has 3 rings (SSSR count). The third kappa shape index (κ3) is 4.85. The molecule has 0 saturated carbocycles. The van der Waals surface area contributed by atoms with E-state index in [4.69, 9.17) is 0 Å². The van der Waals surface area contributed by atoms with Gasteiger partial charge in [-0.15, -0.1) is 6.58 Å². The second kappa shape index (κ2) is 8.99. The first-order valence-corrected chi connectivity index (χ1v) is 8.86. The highest BCUT2D eigenvalue weighted by molar-refractivity contribution is 5.89. The number of nitrogens with one attached hydrogen (secondary N) is 1. The standard InChI is InChI=1S/C22H21F2N3O/c1-2-13-27(22(28)25-21-8-4-3-7-20(21)24)16-19-6-5-14-26(19)15-17-9-11-18(23)12-10-17/h2-12,14H,1,13,15-16H2,(H,25,28). The summed E-state index contributed by atoms with van der Waals surface area (Å²) in [5, 5.41) is 2.60. The van der Waals surface area contributed by atoms with E-state index in [1.54, 1.807) is 30.3 Å². The predicted octanol–water partition coefficient (Wildman–Crippen LogP) is 5.03. The number of anilines is 1. The summed E-state index contributed by atoms with van der Waals surface area (Å²) in [5.74, 6) is -0.771. The van der Waals surface area contributed by atoms with E-state index in [-0.39, 0.29) is 11.5 Å². The van der Waals surface area contributed by atoms with Gasteiger partial charge in [0.15, 0.2) is 0 Å². The van der Waals surface area contributed by atoms with Gasteiger partial charge in [-0.05, 0) is 42.0 Å². The Morgan fingerprint density at radius 1 is 1.07 bits per heavy atom. The molecule has 4 nitrogen and oxygen atoms in total. The number of carbonyl (C=O) groups excluding carboxylic acids is 1. The highest BCUT2D eigenvalue weighted by Gasteiger charge is 2.16. The maximum atomic E-state index is 13.8. The number of aromatic nitrogens is 1. The van der Waals surface area contributed by atoms with Crippen LogP contribution in [0.4, 0.5) is 19.3 Å². The molecule has 0 atom stereocenters. The SMILES string of the molecule is C=CCN(Cc1cccn1Cc1ccc(F)cc1)C(=O)Nc1ccccc1F. The number of hydrogen-bond acceptors (Lipinski definition) is 1. The van der Waals surface area contributed by atoms with Crippen molar-refractivity contribution in [2.24, 2.45) is 0 Å². The molecule has 1 N–H and O–H groups in total. The summed E-state index contributed by atoms with van der Waals surface area (Å²) in [6.07, 6.45) is 3.52. The van der Waals surface area contributed by atoms with Gasteiger partial charge in [-0.1, -0.05) is 30.3 Å². The van der Waals surface area contributed by atoms with Crippen LogP contribution in [0.1, 0.15) is 11.3 Å². The Bertz CT molecular complexity index is 950. The smallest absolute Gasteiger partial charge is 0.322 e. The van der Waals surface area contributed by atoms with E-state index in [0.29, 0.717) is 19.6 Å². The summed E-state index contributed by atoms with van der Waals surface area (Å²) in [6, 6.07) is 15.7. The topological polar surface area (TPSA) is 37.3 Å². The summed E-state index contributed by atoms with van der Waals surface area (Å²) < 4.78 is 28.9. The molecule has 0 bridgehead atoms. The molecule has 28 heavy (non-hydrogen) atoms.